The maximum atomic E-state index is 11.4. The SMILES string of the molecule is C1=C[CH-]C(=C2[C-](c3ccccc3)[N+](Cc3ccccc3)=CN2Cc2ccccc2)C=C1.CC(=O)OCC1OC([S-])C(OC(C)=O)C(OC(C)=O)C1OC(C)=O.[Au+]. The molecule has 0 saturated carbocycles. The van der Waals surface area contributed by atoms with Crippen LogP contribution >= 0.6 is 0 Å². The fourth-order valence-corrected chi connectivity index (χ4v) is 6.69. The summed E-state index contributed by atoms with van der Waals surface area (Å²) in [5, 5.41) is 0. The fourth-order valence-electron chi connectivity index (χ4n) is 6.34. The molecule has 0 aromatic heterocycles. The van der Waals surface area contributed by atoms with E-state index in [2.05, 4.69) is 138 Å². The molecule has 1 saturated heterocycles. The number of benzene rings is 3. The van der Waals surface area contributed by atoms with Crippen LogP contribution in [0.4, 0.5) is 0 Å². The predicted molar refractivity (Wildman–Crippen MR) is 206 cm³/mol. The molecule has 5 unspecified atom stereocenters. The van der Waals surface area contributed by atoms with Gasteiger partial charge in [0.15, 0.2) is 18.5 Å². The summed E-state index contributed by atoms with van der Waals surface area (Å²) in [5.41, 5.74) is 5.19. The van der Waals surface area contributed by atoms with Crippen molar-refractivity contribution in [3.05, 3.63) is 156 Å². The summed E-state index contributed by atoms with van der Waals surface area (Å²) in [5.74, 6) is -2.62. The zero-order chi connectivity index (χ0) is 39.3. The second kappa shape index (κ2) is 21.4. The Kier molecular flexibility index (Phi) is 16.7. The molecule has 2 aliphatic heterocycles. The van der Waals surface area contributed by atoms with Gasteiger partial charge in [0.1, 0.15) is 25.4 Å². The number of esters is 4. The van der Waals surface area contributed by atoms with Gasteiger partial charge in [-0.2, -0.15) is 30.2 Å². The summed E-state index contributed by atoms with van der Waals surface area (Å²) in [4.78, 5) is 47.4. The van der Waals surface area contributed by atoms with E-state index in [1.165, 1.54) is 40.9 Å². The summed E-state index contributed by atoms with van der Waals surface area (Å²) in [6, 6.07) is 33.3. The number of nitrogens with zero attached hydrogens (tertiary/aromatic N) is 2. The molecule has 1 aliphatic carbocycles. The molecule has 0 spiro atoms. The molecule has 0 amide bonds. The largest absolute Gasteiger partial charge is 1.00 e. The molecule has 0 bridgehead atoms. The van der Waals surface area contributed by atoms with Crippen LogP contribution in [0.3, 0.4) is 0 Å². The maximum Gasteiger partial charge on any atom is 1.00 e. The topological polar surface area (TPSA) is 121 Å². The number of hydrogen-bond donors (Lipinski definition) is 0. The fraction of sp³-hybridized carbons (Fsp3) is 0.279. The van der Waals surface area contributed by atoms with Crippen LogP contribution in [-0.2, 0) is 91.0 Å². The van der Waals surface area contributed by atoms with Gasteiger partial charge < -0.3 is 41.2 Å². The predicted octanol–water partition coefficient (Wildman–Crippen LogP) is 5.52. The van der Waals surface area contributed by atoms with Crippen molar-refractivity contribution in [3.63, 3.8) is 0 Å². The van der Waals surface area contributed by atoms with Gasteiger partial charge in [0.25, 0.3) is 0 Å². The van der Waals surface area contributed by atoms with Gasteiger partial charge in [-0.3, -0.25) is 23.8 Å². The molecule has 11 nitrogen and oxygen atoms in total. The molecule has 6 rings (SSSR count). The smallest absolute Gasteiger partial charge is 0.757 e. The van der Waals surface area contributed by atoms with Crippen LogP contribution in [0.1, 0.15) is 44.4 Å². The Morgan fingerprint density at radius 1 is 0.750 bits per heavy atom. The molecule has 298 valence electrons. The van der Waals surface area contributed by atoms with Gasteiger partial charge in [-0.25, -0.2) is 0 Å². The number of hydrogen-bond acceptors (Lipinski definition) is 11. The monoisotopic (exact) mass is 961 g/mol. The van der Waals surface area contributed by atoms with Crippen LogP contribution in [0.5, 0.6) is 0 Å². The molecule has 5 atom stereocenters. The van der Waals surface area contributed by atoms with Crippen LogP contribution in [0.25, 0.3) is 0 Å². The summed E-state index contributed by atoms with van der Waals surface area (Å²) >= 11 is 5.11. The van der Waals surface area contributed by atoms with Crippen molar-refractivity contribution >= 4 is 42.8 Å². The molecule has 1 fully saturated rings. The number of rotatable bonds is 10. The van der Waals surface area contributed by atoms with E-state index in [1.807, 2.05) is 0 Å². The first-order valence-corrected chi connectivity index (χ1v) is 18.2. The van der Waals surface area contributed by atoms with Crippen LogP contribution in [0.15, 0.2) is 127 Å². The minimum atomic E-state index is -1.19. The normalized spacial score (nSPS) is 22.3. The number of ether oxygens (including phenoxy) is 5. The molecule has 3 aliphatic rings. The molecule has 13 heteroatoms. The Bertz CT molecular complexity index is 1920. The first-order valence-electron chi connectivity index (χ1n) is 17.8. The third-order valence-electron chi connectivity index (χ3n) is 8.51. The average Bonchev–Trinajstić information content (AvgIpc) is 3.51. The third-order valence-corrected chi connectivity index (χ3v) is 8.89. The summed E-state index contributed by atoms with van der Waals surface area (Å²) in [6.45, 7) is 6.02. The molecule has 0 radical (unpaired) electrons. The quantitative estimate of drug-likeness (QED) is 0.0639. The van der Waals surface area contributed by atoms with Crippen LogP contribution in [-0.4, -0.2) is 76.1 Å². The standard InChI is InChI=1S/C29H25N2.C14H20O9S.Au/c1-5-13-24(14-6-1)21-30-23-31(22-25-15-7-2-8-16-25)29(27-19-11-4-12-20-27)28(30)26-17-9-3-10-18-26;1-6(15)19-5-10-11(20-7(2)16)12(21-8(3)17)13(14(24)23-10)22-9(4)18;/h1-20,23H,21-22H2;10-14,24H,5H2,1-4H3;/q-1;;+1/p-1. The van der Waals surface area contributed by atoms with Crippen molar-refractivity contribution in [2.24, 2.45) is 0 Å². The van der Waals surface area contributed by atoms with Crippen LogP contribution in [0.2, 0.25) is 0 Å². The van der Waals surface area contributed by atoms with E-state index in [1.54, 1.807) is 0 Å². The van der Waals surface area contributed by atoms with Gasteiger partial charge in [0.05, 0.1) is 12.6 Å². The first-order chi connectivity index (χ1) is 26.5. The Balaban J connectivity index is 0.000000254. The third kappa shape index (κ3) is 12.3. The van der Waals surface area contributed by atoms with Crippen molar-refractivity contribution in [2.75, 3.05) is 6.61 Å². The van der Waals surface area contributed by atoms with Crippen molar-refractivity contribution in [1.82, 2.24) is 4.90 Å². The van der Waals surface area contributed by atoms with Gasteiger partial charge >= 0.3 is 46.3 Å². The molecule has 0 N–H and O–H groups in total. The van der Waals surface area contributed by atoms with Gasteiger partial charge in [0.2, 0.25) is 0 Å². The van der Waals surface area contributed by atoms with Crippen molar-refractivity contribution < 1.29 is 69.8 Å². The van der Waals surface area contributed by atoms with Gasteiger partial charge in [0, 0.05) is 33.4 Å². The minimum absolute atomic E-state index is 0. The number of allylic oxidation sites excluding steroid dienone is 5. The van der Waals surface area contributed by atoms with E-state index in [9.17, 15) is 19.2 Å². The number of carbonyl (C=O) groups is 4. The van der Waals surface area contributed by atoms with E-state index in [4.69, 9.17) is 36.3 Å². The Hall–Kier alpha value is -4.98. The molecule has 2 heterocycles. The van der Waals surface area contributed by atoms with Crippen LogP contribution in [0, 0.1) is 12.5 Å². The van der Waals surface area contributed by atoms with E-state index < -0.39 is 53.7 Å². The maximum absolute atomic E-state index is 11.4. The summed E-state index contributed by atoms with van der Waals surface area (Å²) < 4.78 is 28.1. The van der Waals surface area contributed by atoms with Gasteiger partial charge in [-0.15, -0.1) is 18.2 Å². The molecular weight excluding hydrogens is 918 g/mol. The number of carbonyl (C=O) groups excluding carboxylic acids is 4. The Labute approximate surface area is 348 Å². The van der Waals surface area contributed by atoms with E-state index in [0.29, 0.717) is 0 Å². The zero-order valence-electron chi connectivity index (χ0n) is 31.4. The Morgan fingerprint density at radius 2 is 1.30 bits per heavy atom. The van der Waals surface area contributed by atoms with Gasteiger partial charge in [-0.1, -0.05) is 84.4 Å². The second-order valence-corrected chi connectivity index (χ2v) is 13.3. The first kappa shape index (κ1) is 43.7. The van der Waals surface area contributed by atoms with Gasteiger partial charge in [-0.05, 0) is 16.6 Å². The molecule has 56 heavy (non-hydrogen) atoms. The average molecular weight is 962 g/mol. The molecular formula is C43H44AuN2O9S-. The molecule has 3 aromatic rings. The zero-order valence-corrected chi connectivity index (χ0v) is 34.4. The van der Waals surface area contributed by atoms with E-state index >= 15 is 0 Å². The van der Waals surface area contributed by atoms with E-state index in [0.717, 1.165) is 33.9 Å². The minimum Gasteiger partial charge on any atom is -0.757 e. The molecule has 3 aromatic carbocycles. The second-order valence-electron chi connectivity index (χ2n) is 12.8. The van der Waals surface area contributed by atoms with Crippen molar-refractivity contribution in [1.29, 1.82) is 0 Å². The summed E-state index contributed by atoms with van der Waals surface area (Å²) in [6.07, 6.45) is 8.51. The Morgan fingerprint density at radius 3 is 1.86 bits per heavy atom. The van der Waals surface area contributed by atoms with E-state index in [-0.39, 0.29) is 29.0 Å². The summed E-state index contributed by atoms with van der Waals surface area (Å²) in [7, 11) is 0. The van der Waals surface area contributed by atoms with Crippen LogP contribution < -0.4 is 0 Å². The van der Waals surface area contributed by atoms with Crippen molar-refractivity contribution in [2.45, 2.75) is 70.6 Å². The van der Waals surface area contributed by atoms with Crippen molar-refractivity contribution in [3.8, 4) is 0 Å².